The Morgan fingerprint density at radius 3 is 2.19 bits per heavy atom. The predicted octanol–water partition coefficient (Wildman–Crippen LogP) is 3.59. The van der Waals surface area contributed by atoms with Gasteiger partial charge in [0, 0.05) is 0 Å². The van der Waals surface area contributed by atoms with Gasteiger partial charge in [-0.1, -0.05) is 24.3 Å². The van der Waals surface area contributed by atoms with Gasteiger partial charge < -0.3 is 14.6 Å². The molecule has 4 heteroatoms. The van der Waals surface area contributed by atoms with Crippen molar-refractivity contribution in [3.05, 3.63) is 58.7 Å². The van der Waals surface area contributed by atoms with Crippen molar-refractivity contribution >= 4 is 5.97 Å². The molecule has 0 bridgehead atoms. The molecule has 0 heterocycles. The molecule has 1 N–H and O–H groups in total. The second kappa shape index (κ2) is 6.31. The Morgan fingerprint density at radius 2 is 1.62 bits per heavy atom. The molecule has 110 valence electrons. The van der Waals surface area contributed by atoms with Gasteiger partial charge in [-0.05, 0) is 42.7 Å². The van der Waals surface area contributed by atoms with Crippen LogP contribution in [0, 0.1) is 13.8 Å². The zero-order chi connectivity index (χ0) is 15.4. The average Bonchev–Trinajstić information content (AvgIpc) is 2.46. The zero-order valence-electron chi connectivity index (χ0n) is 12.3. The monoisotopic (exact) mass is 286 g/mol. The summed E-state index contributed by atoms with van der Waals surface area (Å²) in [6.07, 6.45) is 0. The Kier molecular flexibility index (Phi) is 4.48. The fourth-order valence-electron chi connectivity index (χ4n) is 2.24. The lowest BCUT2D eigenvalue weighted by Gasteiger charge is -2.14. The van der Waals surface area contributed by atoms with Crippen molar-refractivity contribution in [1.82, 2.24) is 0 Å². The minimum Gasteiger partial charge on any atom is -0.496 e. The average molecular weight is 286 g/mol. The number of hydrogen-bond donors (Lipinski definition) is 1. The van der Waals surface area contributed by atoms with Gasteiger partial charge in [0.25, 0.3) is 0 Å². The van der Waals surface area contributed by atoms with Crippen molar-refractivity contribution in [3.63, 3.8) is 0 Å². The molecular weight excluding hydrogens is 268 g/mol. The van der Waals surface area contributed by atoms with E-state index in [0.29, 0.717) is 18.1 Å². The van der Waals surface area contributed by atoms with Gasteiger partial charge in [-0.15, -0.1) is 0 Å². The fourth-order valence-corrected chi connectivity index (χ4v) is 2.24. The summed E-state index contributed by atoms with van der Waals surface area (Å²) >= 11 is 0. The third-order valence-electron chi connectivity index (χ3n) is 3.44. The van der Waals surface area contributed by atoms with E-state index in [1.165, 1.54) is 7.11 Å². The lowest BCUT2D eigenvalue weighted by molar-refractivity contribution is 0.0688. The number of ether oxygens (including phenoxy) is 2. The first-order chi connectivity index (χ1) is 10.0. The van der Waals surface area contributed by atoms with E-state index in [0.717, 1.165) is 16.7 Å². The molecule has 0 spiro atoms. The van der Waals surface area contributed by atoms with Crippen LogP contribution >= 0.6 is 0 Å². The molecule has 0 aromatic heterocycles. The Bertz CT molecular complexity index is 642. The van der Waals surface area contributed by atoms with Gasteiger partial charge in [-0.3, -0.25) is 0 Å². The first kappa shape index (κ1) is 14.9. The Morgan fingerprint density at radius 1 is 1.05 bits per heavy atom. The van der Waals surface area contributed by atoms with Crippen LogP contribution in [0.2, 0.25) is 0 Å². The smallest absolute Gasteiger partial charge is 0.343 e. The molecule has 0 amide bonds. The maximum Gasteiger partial charge on any atom is 0.343 e. The molecular formula is C17H18O4. The van der Waals surface area contributed by atoms with Crippen LogP contribution < -0.4 is 9.47 Å². The van der Waals surface area contributed by atoms with Crippen molar-refractivity contribution < 1.29 is 19.4 Å². The van der Waals surface area contributed by atoms with Gasteiger partial charge in [0.05, 0.1) is 7.11 Å². The SMILES string of the molecule is COc1cccc(OCc2c(C)cccc2C)c1C(=O)O. The summed E-state index contributed by atoms with van der Waals surface area (Å²) in [6, 6.07) is 11.0. The van der Waals surface area contributed by atoms with Crippen LogP contribution in [0.25, 0.3) is 0 Å². The van der Waals surface area contributed by atoms with Crippen molar-refractivity contribution in [2.24, 2.45) is 0 Å². The largest absolute Gasteiger partial charge is 0.496 e. The van der Waals surface area contributed by atoms with E-state index in [-0.39, 0.29) is 5.56 Å². The van der Waals surface area contributed by atoms with Crippen LogP contribution in [0.5, 0.6) is 11.5 Å². The number of carboxylic acid groups (broad SMARTS) is 1. The summed E-state index contributed by atoms with van der Waals surface area (Å²) in [5.41, 5.74) is 3.35. The maximum absolute atomic E-state index is 11.4. The Balaban J connectivity index is 2.30. The molecule has 0 unspecified atom stereocenters. The number of hydrogen-bond acceptors (Lipinski definition) is 3. The minimum atomic E-state index is -1.07. The molecule has 0 aliphatic rings. The molecule has 2 aromatic rings. The maximum atomic E-state index is 11.4. The molecule has 0 radical (unpaired) electrons. The number of aryl methyl sites for hydroxylation is 2. The normalized spacial score (nSPS) is 10.2. The molecule has 0 fully saturated rings. The number of benzene rings is 2. The van der Waals surface area contributed by atoms with E-state index in [9.17, 15) is 9.90 Å². The third-order valence-corrected chi connectivity index (χ3v) is 3.44. The van der Waals surface area contributed by atoms with Gasteiger partial charge in [0.2, 0.25) is 0 Å². The lowest BCUT2D eigenvalue weighted by Crippen LogP contribution is -2.07. The van der Waals surface area contributed by atoms with Gasteiger partial charge in [0.15, 0.2) is 0 Å². The number of carbonyl (C=O) groups is 1. The highest BCUT2D eigenvalue weighted by molar-refractivity contribution is 5.94. The predicted molar refractivity (Wildman–Crippen MR) is 80.2 cm³/mol. The summed E-state index contributed by atoms with van der Waals surface area (Å²) in [6.45, 7) is 4.34. The Labute approximate surface area is 123 Å². The van der Waals surface area contributed by atoms with Crippen molar-refractivity contribution in [2.45, 2.75) is 20.5 Å². The van der Waals surface area contributed by atoms with Gasteiger partial charge in [0.1, 0.15) is 23.7 Å². The van der Waals surface area contributed by atoms with E-state index < -0.39 is 5.97 Å². The summed E-state index contributed by atoms with van der Waals surface area (Å²) in [5.74, 6) is -0.463. The summed E-state index contributed by atoms with van der Waals surface area (Å²) in [5, 5.41) is 9.32. The van der Waals surface area contributed by atoms with E-state index >= 15 is 0 Å². The fraction of sp³-hybridized carbons (Fsp3) is 0.235. The molecule has 0 aliphatic carbocycles. The third kappa shape index (κ3) is 3.16. The quantitative estimate of drug-likeness (QED) is 0.912. The number of aromatic carboxylic acids is 1. The van der Waals surface area contributed by atoms with Crippen LogP contribution in [-0.4, -0.2) is 18.2 Å². The van der Waals surface area contributed by atoms with Crippen molar-refractivity contribution in [2.75, 3.05) is 7.11 Å². The highest BCUT2D eigenvalue weighted by atomic mass is 16.5. The molecule has 2 aromatic carbocycles. The van der Waals surface area contributed by atoms with Crippen LogP contribution in [0.1, 0.15) is 27.0 Å². The molecule has 21 heavy (non-hydrogen) atoms. The van der Waals surface area contributed by atoms with Crippen LogP contribution in [0.4, 0.5) is 0 Å². The molecule has 0 atom stereocenters. The lowest BCUT2D eigenvalue weighted by atomic mass is 10.0. The molecule has 0 saturated heterocycles. The van der Waals surface area contributed by atoms with Crippen molar-refractivity contribution in [1.29, 1.82) is 0 Å². The second-order valence-corrected chi connectivity index (χ2v) is 4.80. The second-order valence-electron chi connectivity index (χ2n) is 4.80. The van der Waals surface area contributed by atoms with Crippen LogP contribution in [0.15, 0.2) is 36.4 Å². The molecule has 2 rings (SSSR count). The summed E-state index contributed by atoms with van der Waals surface area (Å²) in [4.78, 5) is 11.4. The number of rotatable bonds is 5. The zero-order valence-corrected chi connectivity index (χ0v) is 12.3. The number of carboxylic acids is 1. The topological polar surface area (TPSA) is 55.8 Å². The molecule has 0 aliphatic heterocycles. The van der Waals surface area contributed by atoms with Crippen LogP contribution in [0.3, 0.4) is 0 Å². The minimum absolute atomic E-state index is 0.0474. The van der Waals surface area contributed by atoms with Gasteiger partial charge in [-0.2, -0.15) is 0 Å². The number of methoxy groups -OCH3 is 1. The standard InChI is InChI=1S/C17H18O4/c1-11-6-4-7-12(2)13(11)10-21-15-9-5-8-14(20-3)16(15)17(18)19/h4-9H,10H2,1-3H3,(H,18,19). The van der Waals surface area contributed by atoms with E-state index in [1.54, 1.807) is 18.2 Å². The first-order valence-corrected chi connectivity index (χ1v) is 6.62. The summed E-state index contributed by atoms with van der Waals surface area (Å²) in [7, 11) is 1.44. The van der Waals surface area contributed by atoms with Crippen molar-refractivity contribution in [3.8, 4) is 11.5 Å². The Hall–Kier alpha value is -2.49. The summed E-state index contributed by atoms with van der Waals surface area (Å²) < 4.78 is 10.8. The molecule has 0 saturated carbocycles. The highest BCUT2D eigenvalue weighted by Gasteiger charge is 2.17. The van der Waals surface area contributed by atoms with E-state index in [2.05, 4.69) is 0 Å². The molecule has 4 nitrogen and oxygen atoms in total. The highest BCUT2D eigenvalue weighted by Crippen LogP contribution is 2.29. The first-order valence-electron chi connectivity index (χ1n) is 6.62. The van der Waals surface area contributed by atoms with E-state index in [1.807, 2.05) is 32.0 Å². The van der Waals surface area contributed by atoms with Gasteiger partial charge in [-0.25, -0.2) is 4.79 Å². The van der Waals surface area contributed by atoms with E-state index in [4.69, 9.17) is 9.47 Å². The van der Waals surface area contributed by atoms with Crippen LogP contribution in [-0.2, 0) is 6.61 Å². The van der Waals surface area contributed by atoms with Gasteiger partial charge >= 0.3 is 5.97 Å².